The van der Waals surface area contributed by atoms with Gasteiger partial charge in [-0.15, -0.1) is 0 Å². The molecule has 1 saturated carbocycles. The van der Waals surface area contributed by atoms with Crippen molar-refractivity contribution in [3.05, 3.63) is 23.8 Å². The number of carbonyl (C=O) groups is 1. The number of hydrogen-bond donors (Lipinski definition) is 1. The zero-order chi connectivity index (χ0) is 18.6. The van der Waals surface area contributed by atoms with E-state index in [2.05, 4.69) is 4.90 Å². The molecule has 0 spiro atoms. The Kier molecular flexibility index (Phi) is 5.86. The molecule has 5 nitrogen and oxygen atoms in total. The minimum atomic E-state index is -0.261. The topological polar surface area (TPSA) is 53.0 Å². The molecule has 1 amide bonds. The normalized spacial score (nSPS) is 22.5. The fourth-order valence-electron chi connectivity index (χ4n) is 4.92. The van der Waals surface area contributed by atoms with Crippen LogP contribution in [0, 0.1) is 11.8 Å². The van der Waals surface area contributed by atoms with Crippen molar-refractivity contribution in [3.8, 4) is 11.5 Å². The van der Waals surface area contributed by atoms with Crippen LogP contribution in [-0.4, -0.2) is 47.2 Å². The molecule has 0 bridgehead atoms. The summed E-state index contributed by atoms with van der Waals surface area (Å²) in [5.41, 5.74) is 0.886. The highest BCUT2D eigenvalue weighted by atomic mass is 16.6. The Morgan fingerprint density at radius 1 is 1.04 bits per heavy atom. The maximum atomic E-state index is 12.2. The van der Waals surface area contributed by atoms with Gasteiger partial charge in [-0.3, -0.25) is 0 Å². The van der Waals surface area contributed by atoms with Gasteiger partial charge in [-0.1, -0.05) is 19.3 Å². The van der Waals surface area contributed by atoms with Crippen molar-refractivity contribution in [3.63, 3.8) is 0 Å². The smallest absolute Gasteiger partial charge is 0.415 e. The van der Waals surface area contributed by atoms with Crippen molar-refractivity contribution in [2.75, 3.05) is 26.2 Å². The lowest BCUT2D eigenvalue weighted by Gasteiger charge is -2.36. The molecular formula is C22H32N2O3. The second-order valence-electron chi connectivity index (χ2n) is 8.62. The molecule has 1 aromatic rings. The van der Waals surface area contributed by atoms with Gasteiger partial charge in [0, 0.05) is 18.7 Å². The molecule has 0 aromatic heterocycles. The molecule has 4 rings (SSSR count). The molecule has 1 aromatic carbocycles. The lowest BCUT2D eigenvalue weighted by atomic mass is 9.87. The zero-order valence-corrected chi connectivity index (χ0v) is 16.2. The SMILES string of the molecule is O=C1Oc2ccc(O)cc2CN1CCC1CCN(CC2CCCCC2)CC1. The minimum absolute atomic E-state index is 0.219. The van der Waals surface area contributed by atoms with Gasteiger partial charge in [-0.25, -0.2) is 4.79 Å². The van der Waals surface area contributed by atoms with E-state index in [4.69, 9.17) is 4.74 Å². The predicted octanol–water partition coefficient (Wildman–Crippen LogP) is 4.39. The number of hydrogen-bond acceptors (Lipinski definition) is 4. The highest BCUT2D eigenvalue weighted by Crippen LogP contribution is 2.31. The standard InChI is InChI=1S/C22H32N2O3/c25-20-6-7-21-19(14-20)16-24(22(26)27-21)13-10-17-8-11-23(12-9-17)15-18-4-2-1-3-5-18/h6-7,14,17-18,25H,1-5,8-13,15-16H2. The second kappa shape index (κ2) is 8.51. The van der Waals surface area contributed by atoms with E-state index in [9.17, 15) is 9.90 Å². The number of aromatic hydroxyl groups is 1. The van der Waals surface area contributed by atoms with E-state index in [1.807, 2.05) is 0 Å². The number of nitrogens with zero attached hydrogens (tertiary/aromatic N) is 2. The average molecular weight is 373 g/mol. The van der Waals surface area contributed by atoms with Gasteiger partial charge >= 0.3 is 6.09 Å². The molecule has 1 saturated heterocycles. The Morgan fingerprint density at radius 2 is 1.81 bits per heavy atom. The first kappa shape index (κ1) is 18.6. The molecule has 27 heavy (non-hydrogen) atoms. The van der Waals surface area contributed by atoms with Crippen LogP contribution in [0.2, 0.25) is 0 Å². The molecule has 2 heterocycles. The minimum Gasteiger partial charge on any atom is -0.508 e. The summed E-state index contributed by atoms with van der Waals surface area (Å²) in [5.74, 6) is 2.42. The molecule has 3 aliphatic rings. The molecule has 2 aliphatic heterocycles. The van der Waals surface area contributed by atoms with Gasteiger partial charge in [-0.2, -0.15) is 0 Å². The van der Waals surface area contributed by atoms with E-state index < -0.39 is 0 Å². The Labute approximate surface area is 162 Å². The van der Waals surface area contributed by atoms with Crippen molar-refractivity contribution in [2.24, 2.45) is 11.8 Å². The number of likely N-dealkylation sites (tertiary alicyclic amines) is 1. The molecule has 2 fully saturated rings. The molecule has 0 atom stereocenters. The molecule has 1 N–H and O–H groups in total. The summed E-state index contributed by atoms with van der Waals surface area (Å²) in [4.78, 5) is 16.7. The van der Waals surface area contributed by atoms with E-state index in [0.717, 1.165) is 24.4 Å². The summed E-state index contributed by atoms with van der Waals surface area (Å²) >= 11 is 0. The summed E-state index contributed by atoms with van der Waals surface area (Å²) in [6, 6.07) is 4.92. The van der Waals surface area contributed by atoms with Crippen LogP contribution in [0.4, 0.5) is 4.79 Å². The average Bonchev–Trinajstić information content (AvgIpc) is 2.68. The highest BCUT2D eigenvalue weighted by Gasteiger charge is 2.27. The van der Waals surface area contributed by atoms with Gasteiger partial charge in [-0.05, 0) is 75.2 Å². The van der Waals surface area contributed by atoms with Gasteiger partial charge in [0.1, 0.15) is 11.5 Å². The number of piperidine rings is 1. The van der Waals surface area contributed by atoms with Crippen molar-refractivity contribution in [1.29, 1.82) is 0 Å². The van der Waals surface area contributed by atoms with E-state index in [1.165, 1.54) is 64.6 Å². The summed E-state index contributed by atoms with van der Waals surface area (Å²) < 4.78 is 5.41. The van der Waals surface area contributed by atoms with E-state index in [-0.39, 0.29) is 11.8 Å². The number of fused-ring (bicyclic) bond motifs is 1. The van der Waals surface area contributed by atoms with Crippen LogP contribution in [0.3, 0.4) is 0 Å². The lowest BCUT2D eigenvalue weighted by molar-refractivity contribution is 0.119. The van der Waals surface area contributed by atoms with Gasteiger partial charge in [0.05, 0.1) is 6.54 Å². The van der Waals surface area contributed by atoms with Crippen molar-refractivity contribution < 1.29 is 14.6 Å². The second-order valence-corrected chi connectivity index (χ2v) is 8.62. The number of benzene rings is 1. The third-order valence-electron chi connectivity index (χ3n) is 6.62. The first-order valence-corrected chi connectivity index (χ1v) is 10.7. The van der Waals surface area contributed by atoms with E-state index in [0.29, 0.717) is 18.2 Å². The Bertz CT molecular complexity index is 649. The number of amides is 1. The lowest BCUT2D eigenvalue weighted by Crippen LogP contribution is -2.40. The monoisotopic (exact) mass is 372 g/mol. The number of phenols is 1. The fraction of sp³-hybridized carbons (Fsp3) is 0.682. The maximum Gasteiger partial charge on any atom is 0.415 e. The predicted molar refractivity (Wildman–Crippen MR) is 105 cm³/mol. The first-order chi connectivity index (χ1) is 13.2. The van der Waals surface area contributed by atoms with Crippen LogP contribution in [0.25, 0.3) is 0 Å². The number of rotatable bonds is 5. The summed E-state index contributed by atoms with van der Waals surface area (Å²) in [6.45, 7) is 4.99. The van der Waals surface area contributed by atoms with Gasteiger partial charge in [0.2, 0.25) is 0 Å². The molecule has 1 aliphatic carbocycles. The largest absolute Gasteiger partial charge is 0.508 e. The zero-order valence-electron chi connectivity index (χ0n) is 16.2. The molecule has 0 unspecified atom stereocenters. The van der Waals surface area contributed by atoms with Crippen LogP contribution in [0.5, 0.6) is 11.5 Å². The summed E-state index contributed by atoms with van der Waals surface area (Å²) in [6.07, 6.45) is 10.4. The molecule has 0 radical (unpaired) electrons. The number of ether oxygens (including phenoxy) is 1. The van der Waals surface area contributed by atoms with Crippen LogP contribution in [0.1, 0.15) is 56.9 Å². The van der Waals surface area contributed by atoms with Crippen molar-refractivity contribution >= 4 is 6.09 Å². The van der Waals surface area contributed by atoms with Crippen molar-refractivity contribution in [2.45, 2.75) is 57.9 Å². The third-order valence-corrected chi connectivity index (χ3v) is 6.62. The molecule has 148 valence electrons. The van der Waals surface area contributed by atoms with Crippen LogP contribution < -0.4 is 4.74 Å². The van der Waals surface area contributed by atoms with Crippen LogP contribution in [0.15, 0.2) is 18.2 Å². The van der Waals surface area contributed by atoms with Crippen molar-refractivity contribution in [1.82, 2.24) is 9.80 Å². The summed E-state index contributed by atoms with van der Waals surface area (Å²) in [5, 5.41) is 9.65. The molecule has 5 heteroatoms. The fourth-order valence-corrected chi connectivity index (χ4v) is 4.92. The van der Waals surface area contributed by atoms with Crippen LogP contribution >= 0.6 is 0 Å². The first-order valence-electron chi connectivity index (χ1n) is 10.7. The Morgan fingerprint density at radius 3 is 2.59 bits per heavy atom. The Hall–Kier alpha value is -1.75. The number of phenolic OH excluding ortho intramolecular Hbond substituents is 1. The van der Waals surface area contributed by atoms with Gasteiger partial charge in [0.25, 0.3) is 0 Å². The quantitative estimate of drug-likeness (QED) is 0.833. The Balaban J connectivity index is 1.21. The van der Waals surface area contributed by atoms with Crippen LogP contribution in [-0.2, 0) is 6.54 Å². The van der Waals surface area contributed by atoms with Gasteiger partial charge in [0.15, 0.2) is 0 Å². The van der Waals surface area contributed by atoms with E-state index >= 15 is 0 Å². The van der Waals surface area contributed by atoms with E-state index in [1.54, 1.807) is 23.1 Å². The molecular weight excluding hydrogens is 340 g/mol. The maximum absolute atomic E-state index is 12.2. The third kappa shape index (κ3) is 4.75. The number of carbonyl (C=O) groups excluding carboxylic acids is 1. The van der Waals surface area contributed by atoms with Gasteiger partial charge < -0.3 is 19.6 Å². The summed E-state index contributed by atoms with van der Waals surface area (Å²) in [7, 11) is 0. The highest BCUT2D eigenvalue weighted by molar-refractivity contribution is 5.73.